The molecular formula is C27H25F3N4O4. The van der Waals surface area contributed by atoms with Gasteiger partial charge in [0.25, 0.3) is 17.4 Å². The number of H-pyrrole nitrogens is 1. The van der Waals surface area contributed by atoms with Crippen molar-refractivity contribution in [1.29, 1.82) is 0 Å². The summed E-state index contributed by atoms with van der Waals surface area (Å²) in [5.74, 6) is -0.631. The molecule has 0 spiro atoms. The van der Waals surface area contributed by atoms with Gasteiger partial charge in [-0.15, -0.1) is 13.2 Å². The quantitative estimate of drug-likeness (QED) is 0.505. The van der Waals surface area contributed by atoms with E-state index in [4.69, 9.17) is 0 Å². The molecule has 2 amide bonds. The van der Waals surface area contributed by atoms with Gasteiger partial charge in [0.2, 0.25) is 0 Å². The van der Waals surface area contributed by atoms with Crippen LogP contribution >= 0.6 is 0 Å². The Balaban J connectivity index is 1.21. The number of benzene rings is 2. The van der Waals surface area contributed by atoms with Crippen LogP contribution in [0.1, 0.15) is 40.0 Å². The van der Waals surface area contributed by atoms with Gasteiger partial charge in [0.1, 0.15) is 5.75 Å². The lowest BCUT2D eigenvalue weighted by molar-refractivity contribution is -0.274. The second-order valence-corrected chi connectivity index (χ2v) is 9.78. The summed E-state index contributed by atoms with van der Waals surface area (Å²) in [7, 11) is 0. The minimum Gasteiger partial charge on any atom is -0.406 e. The molecule has 1 aliphatic heterocycles. The monoisotopic (exact) mass is 526 g/mol. The van der Waals surface area contributed by atoms with Crippen LogP contribution in [0.5, 0.6) is 5.75 Å². The average molecular weight is 527 g/mol. The number of nitrogens with zero attached hydrogens (tertiary/aromatic N) is 2. The molecule has 38 heavy (non-hydrogen) atoms. The van der Waals surface area contributed by atoms with Crippen molar-refractivity contribution in [3.05, 3.63) is 82.1 Å². The maximum atomic E-state index is 13.1. The lowest BCUT2D eigenvalue weighted by atomic mass is 9.80. The van der Waals surface area contributed by atoms with E-state index >= 15 is 0 Å². The van der Waals surface area contributed by atoms with Crippen LogP contribution in [0.4, 0.5) is 13.2 Å². The average Bonchev–Trinajstić information content (AvgIpc) is 3.45. The third kappa shape index (κ3) is 5.41. The zero-order chi connectivity index (χ0) is 26.9. The third-order valence-electron chi connectivity index (χ3n) is 7.38. The maximum absolute atomic E-state index is 13.1. The third-order valence-corrected chi connectivity index (χ3v) is 7.38. The zero-order valence-corrected chi connectivity index (χ0v) is 20.3. The molecular weight excluding hydrogens is 501 g/mol. The van der Waals surface area contributed by atoms with Gasteiger partial charge in [0.15, 0.2) is 0 Å². The number of likely N-dealkylation sites (tertiary alicyclic amines) is 1. The van der Waals surface area contributed by atoms with Crippen molar-refractivity contribution < 1.29 is 27.5 Å². The second kappa shape index (κ2) is 9.96. The molecule has 0 radical (unpaired) electrons. The number of aromatic amines is 1. The summed E-state index contributed by atoms with van der Waals surface area (Å²) in [6.45, 7) is 1.42. The van der Waals surface area contributed by atoms with Gasteiger partial charge in [-0.05, 0) is 61.2 Å². The highest BCUT2D eigenvalue weighted by atomic mass is 19.4. The van der Waals surface area contributed by atoms with E-state index in [1.165, 1.54) is 18.2 Å². The second-order valence-electron chi connectivity index (χ2n) is 9.78. The standard InChI is InChI=1S/C27H25F3N4O4/c28-27(29,30)38-21-9-7-19(8-10-21)25(37)34-14-20-2-1-13-26(20,16-34)15-31-24(36)18-5-3-17(4-6-18)22-11-12-23(35)33-32-22/h3-12,20H,1-2,13-16H2,(H,31,36)(H,33,35)/t20-,26-/m0/s1. The van der Waals surface area contributed by atoms with E-state index in [9.17, 15) is 27.6 Å². The molecule has 1 saturated heterocycles. The van der Waals surface area contributed by atoms with E-state index in [1.54, 1.807) is 35.2 Å². The van der Waals surface area contributed by atoms with E-state index in [-0.39, 0.29) is 40.0 Å². The van der Waals surface area contributed by atoms with Gasteiger partial charge in [0, 0.05) is 47.8 Å². The summed E-state index contributed by atoms with van der Waals surface area (Å²) in [5, 5.41) is 9.40. The fourth-order valence-electron chi connectivity index (χ4n) is 5.50. The van der Waals surface area contributed by atoms with Crippen LogP contribution in [0.15, 0.2) is 65.5 Å². The van der Waals surface area contributed by atoms with Crippen LogP contribution in [0.2, 0.25) is 0 Å². The molecule has 1 aliphatic carbocycles. The summed E-state index contributed by atoms with van der Waals surface area (Å²) >= 11 is 0. The van der Waals surface area contributed by atoms with E-state index in [0.29, 0.717) is 30.9 Å². The summed E-state index contributed by atoms with van der Waals surface area (Å²) in [4.78, 5) is 38.9. The molecule has 0 bridgehead atoms. The fraction of sp³-hybridized carbons (Fsp3) is 0.333. The lowest BCUT2D eigenvalue weighted by Gasteiger charge is -2.29. The molecule has 2 fully saturated rings. The molecule has 0 unspecified atom stereocenters. The Kier molecular flexibility index (Phi) is 6.68. The van der Waals surface area contributed by atoms with Crippen molar-refractivity contribution in [1.82, 2.24) is 20.4 Å². The topological polar surface area (TPSA) is 104 Å². The number of halogens is 3. The molecule has 8 nitrogen and oxygen atoms in total. The van der Waals surface area contributed by atoms with Crippen molar-refractivity contribution in [2.75, 3.05) is 19.6 Å². The Bertz CT molecular complexity index is 1370. The molecule has 1 aromatic heterocycles. The van der Waals surface area contributed by atoms with Gasteiger partial charge in [-0.3, -0.25) is 14.4 Å². The van der Waals surface area contributed by atoms with Crippen molar-refractivity contribution in [3.8, 4) is 17.0 Å². The molecule has 198 valence electrons. The number of ether oxygens (including phenoxy) is 1. The number of alkyl halides is 3. The number of carbonyl (C=O) groups excluding carboxylic acids is 2. The van der Waals surface area contributed by atoms with Crippen LogP contribution in [0.3, 0.4) is 0 Å². The Hall–Kier alpha value is -4.15. The Morgan fingerprint density at radius 2 is 1.76 bits per heavy atom. The van der Waals surface area contributed by atoms with Crippen LogP contribution in [-0.4, -0.2) is 52.9 Å². The van der Waals surface area contributed by atoms with Crippen LogP contribution in [0.25, 0.3) is 11.3 Å². The Morgan fingerprint density at radius 1 is 1.05 bits per heavy atom. The smallest absolute Gasteiger partial charge is 0.406 e. The minimum atomic E-state index is -4.79. The molecule has 2 N–H and O–H groups in total. The summed E-state index contributed by atoms with van der Waals surface area (Å²) in [5.41, 5.74) is 1.57. The summed E-state index contributed by atoms with van der Waals surface area (Å²) < 4.78 is 41.1. The van der Waals surface area contributed by atoms with Crippen molar-refractivity contribution in [3.63, 3.8) is 0 Å². The number of rotatable bonds is 6. The van der Waals surface area contributed by atoms with E-state index in [2.05, 4.69) is 20.3 Å². The molecule has 2 aliphatic rings. The first-order chi connectivity index (χ1) is 18.1. The number of hydrogen-bond acceptors (Lipinski definition) is 5. The van der Waals surface area contributed by atoms with Crippen molar-refractivity contribution in [2.24, 2.45) is 11.3 Å². The number of amides is 2. The maximum Gasteiger partial charge on any atom is 0.573 e. The Labute approximate surface area is 215 Å². The van der Waals surface area contributed by atoms with Gasteiger partial charge < -0.3 is 15.0 Å². The van der Waals surface area contributed by atoms with Gasteiger partial charge >= 0.3 is 6.36 Å². The predicted molar refractivity (Wildman–Crippen MR) is 131 cm³/mol. The fourth-order valence-corrected chi connectivity index (χ4v) is 5.50. The first-order valence-corrected chi connectivity index (χ1v) is 12.2. The van der Waals surface area contributed by atoms with Gasteiger partial charge in [-0.2, -0.15) is 5.10 Å². The number of aromatic nitrogens is 2. The summed E-state index contributed by atoms with van der Waals surface area (Å²) in [6.07, 6.45) is -1.97. The highest BCUT2D eigenvalue weighted by molar-refractivity contribution is 5.95. The molecule has 2 heterocycles. The zero-order valence-electron chi connectivity index (χ0n) is 20.3. The number of carbonyl (C=O) groups is 2. The van der Waals surface area contributed by atoms with E-state index in [1.807, 2.05) is 0 Å². The molecule has 2 atom stereocenters. The highest BCUT2D eigenvalue weighted by Crippen LogP contribution is 2.48. The normalized spacial score (nSPS) is 20.7. The molecule has 3 aromatic rings. The van der Waals surface area contributed by atoms with Gasteiger partial charge in [-0.25, -0.2) is 5.10 Å². The van der Waals surface area contributed by atoms with Gasteiger partial charge in [-0.1, -0.05) is 18.6 Å². The first-order valence-electron chi connectivity index (χ1n) is 12.2. The van der Waals surface area contributed by atoms with Crippen LogP contribution in [0, 0.1) is 11.3 Å². The number of hydrogen-bond donors (Lipinski definition) is 2. The Morgan fingerprint density at radius 3 is 2.42 bits per heavy atom. The van der Waals surface area contributed by atoms with E-state index in [0.717, 1.165) is 37.0 Å². The van der Waals surface area contributed by atoms with E-state index < -0.39 is 6.36 Å². The van der Waals surface area contributed by atoms with Crippen LogP contribution in [-0.2, 0) is 0 Å². The van der Waals surface area contributed by atoms with Gasteiger partial charge in [0.05, 0.1) is 5.69 Å². The highest BCUT2D eigenvalue weighted by Gasteiger charge is 2.50. The van der Waals surface area contributed by atoms with Crippen molar-refractivity contribution in [2.45, 2.75) is 25.6 Å². The minimum absolute atomic E-state index is 0.226. The lowest BCUT2D eigenvalue weighted by Crippen LogP contribution is -2.41. The summed E-state index contributed by atoms with van der Waals surface area (Å²) in [6, 6.07) is 14.8. The SMILES string of the molecule is O=C(NC[C@]12CCC[C@H]1CN(C(=O)c1ccc(OC(F)(F)F)cc1)C2)c1ccc(-c2ccc(=O)[nH]n2)cc1. The largest absolute Gasteiger partial charge is 0.573 e. The molecule has 5 rings (SSSR count). The molecule has 2 aromatic carbocycles. The molecule has 11 heteroatoms. The first kappa shape index (κ1) is 25.5. The predicted octanol–water partition coefficient (Wildman–Crippen LogP) is 4.01. The van der Waals surface area contributed by atoms with Crippen LogP contribution < -0.4 is 15.6 Å². The molecule has 1 saturated carbocycles. The number of fused-ring (bicyclic) bond motifs is 1. The van der Waals surface area contributed by atoms with Crippen molar-refractivity contribution >= 4 is 11.8 Å². The number of nitrogens with one attached hydrogen (secondary N) is 2.